The molecule has 17 heavy (non-hydrogen) atoms. The van der Waals surface area contributed by atoms with Crippen LogP contribution >= 0.6 is 0 Å². The fourth-order valence-corrected chi connectivity index (χ4v) is 1.57. The summed E-state index contributed by atoms with van der Waals surface area (Å²) < 4.78 is 15.4. The maximum atomic E-state index is 11.5. The first-order valence-corrected chi connectivity index (χ1v) is 5.58. The van der Waals surface area contributed by atoms with Crippen molar-refractivity contribution in [2.24, 2.45) is 0 Å². The van der Waals surface area contributed by atoms with Crippen molar-refractivity contribution in [1.29, 1.82) is 0 Å². The minimum atomic E-state index is -0.509. The highest BCUT2D eigenvalue weighted by Gasteiger charge is 2.21. The van der Waals surface area contributed by atoms with E-state index in [1.54, 1.807) is 6.92 Å². The van der Waals surface area contributed by atoms with Gasteiger partial charge in [0.1, 0.15) is 12.5 Å². The zero-order valence-electron chi connectivity index (χ0n) is 9.64. The summed E-state index contributed by atoms with van der Waals surface area (Å²) in [6, 6.07) is 0. The van der Waals surface area contributed by atoms with Crippen molar-refractivity contribution in [3.63, 3.8) is 0 Å². The summed E-state index contributed by atoms with van der Waals surface area (Å²) in [5.41, 5.74) is 1.02. The second kappa shape index (κ2) is 5.39. The molecule has 2 rings (SSSR count). The number of hydrogen-bond donors (Lipinski definition) is 0. The van der Waals surface area contributed by atoms with E-state index in [9.17, 15) is 4.79 Å². The maximum absolute atomic E-state index is 11.5. The molecule has 1 aliphatic heterocycles. The van der Waals surface area contributed by atoms with E-state index in [1.807, 2.05) is 12.2 Å². The van der Waals surface area contributed by atoms with Gasteiger partial charge in [0.05, 0.1) is 6.61 Å². The molecule has 0 saturated carbocycles. The average Bonchev–Trinajstić information content (AvgIpc) is 2.40. The molecule has 1 aliphatic carbocycles. The summed E-state index contributed by atoms with van der Waals surface area (Å²) in [6.45, 7) is 2.05. The predicted molar refractivity (Wildman–Crippen MR) is 61.4 cm³/mol. The van der Waals surface area contributed by atoms with Crippen molar-refractivity contribution in [2.45, 2.75) is 19.8 Å². The smallest absolute Gasteiger partial charge is 0.377 e. The zero-order valence-corrected chi connectivity index (χ0v) is 9.64. The van der Waals surface area contributed by atoms with Gasteiger partial charge in [-0.2, -0.15) is 0 Å². The fourth-order valence-electron chi connectivity index (χ4n) is 1.57. The monoisotopic (exact) mass is 234 g/mol. The Labute approximate surface area is 99.9 Å². The molecule has 2 aliphatic rings. The summed E-state index contributed by atoms with van der Waals surface area (Å²) in [7, 11) is 0. The average molecular weight is 234 g/mol. The predicted octanol–water partition coefficient (Wildman–Crippen LogP) is 2.56. The van der Waals surface area contributed by atoms with Crippen molar-refractivity contribution in [3.8, 4) is 0 Å². The van der Waals surface area contributed by atoms with Gasteiger partial charge in [-0.15, -0.1) is 0 Å². The first-order chi connectivity index (χ1) is 8.31. The van der Waals surface area contributed by atoms with Crippen LogP contribution in [0, 0.1) is 0 Å². The van der Waals surface area contributed by atoms with E-state index >= 15 is 0 Å². The van der Waals surface area contributed by atoms with Crippen molar-refractivity contribution in [1.82, 2.24) is 0 Å². The first-order valence-electron chi connectivity index (χ1n) is 5.58. The Morgan fingerprint density at radius 3 is 3.06 bits per heavy atom. The van der Waals surface area contributed by atoms with Gasteiger partial charge in [0, 0.05) is 0 Å². The van der Waals surface area contributed by atoms with Crippen LogP contribution in [0.5, 0.6) is 0 Å². The van der Waals surface area contributed by atoms with Crippen LogP contribution in [-0.2, 0) is 19.0 Å². The van der Waals surface area contributed by atoms with Gasteiger partial charge in [-0.1, -0.05) is 18.2 Å². The summed E-state index contributed by atoms with van der Waals surface area (Å²) in [4.78, 5) is 11.5. The van der Waals surface area contributed by atoms with Crippen LogP contribution < -0.4 is 0 Å². The van der Waals surface area contributed by atoms with E-state index in [-0.39, 0.29) is 5.76 Å². The molecular formula is C13H14O4. The molecule has 0 fully saturated rings. The van der Waals surface area contributed by atoms with Gasteiger partial charge in [-0.05, 0) is 25.3 Å². The topological polar surface area (TPSA) is 44.8 Å². The van der Waals surface area contributed by atoms with Gasteiger partial charge in [0.25, 0.3) is 0 Å². The van der Waals surface area contributed by atoms with Crippen molar-refractivity contribution < 1.29 is 19.0 Å². The molecule has 0 atom stereocenters. The highest BCUT2D eigenvalue weighted by Crippen LogP contribution is 2.26. The number of carbonyl (C=O) groups excluding carboxylic acids is 1. The molecule has 0 aromatic rings. The lowest BCUT2D eigenvalue weighted by Gasteiger charge is -2.18. The Bertz CT molecular complexity index is 427. The zero-order chi connectivity index (χ0) is 12.1. The third kappa shape index (κ3) is 2.78. The van der Waals surface area contributed by atoms with Crippen LogP contribution in [0.4, 0.5) is 0 Å². The largest absolute Gasteiger partial charge is 0.465 e. The van der Waals surface area contributed by atoms with Gasteiger partial charge in [-0.3, -0.25) is 0 Å². The van der Waals surface area contributed by atoms with Crippen LogP contribution in [-0.4, -0.2) is 12.6 Å². The minimum absolute atomic E-state index is 0.0832. The molecule has 90 valence electrons. The van der Waals surface area contributed by atoms with Crippen LogP contribution in [0.1, 0.15) is 19.8 Å². The van der Waals surface area contributed by atoms with Crippen molar-refractivity contribution >= 4 is 5.97 Å². The van der Waals surface area contributed by atoms with E-state index in [0.717, 1.165) is 18.4 Å². The molecule has 4 heteroatoms. The lowest BCUT2D eigenvalue weighted by molar-refractivity contribution is -0.142. The highest BCUT2D eigenvalue weighted by molar-refractivity contribution is 5.86. The van der Waals surface area contributed by atoms with Crippen molar-refractivity contribution in [3.05, 3.63) is 47.8 Å². The van der Waals surface area contributed by atoms with E-state index < -0.39 is 5.97 Å². The Hall–Kier alpha value is -1.97. The molecule has 0 N–H and O–H groups in total. The Morgan fingerprint density at radius 1 is 1.47 bits per heavy atom. The molecule has 0 saturated heterocycles. The normalized spacial score (nSPS) is 18.3. The Morgan fingerprint density at radius 2 is 2.35 bits per heavy atom. The van der Waals surface area contributed by atoms with E-state index in [4.69, 9.17) is 14.2 Å². The van der Waals surface area contributed by atoms with Crippen molar-refractivity contribution in [2.75, 3.05) is 6.61 Å². The maximum Gasteiger partial charge on any atom is 0.377 e. The molecule has 0 spiro atoms. The van der Waals surface area contributed by atoms with Gasteiger partial charge in [-0.25, -0.2) is 4.79 Å². The number of hydrogen-bond acceptors (Lipinski definition) is 4. The Balaban J connectivity index is 2.04. The SMILES string of the molecule is CCOC(=O)C1=COC=C(C2=CC=CCC2)O1. The first kappa shape index (κ1) is 11.5. The third-order valence-corrected chi connectivity index (χ3v) is 2.38. The van der Waals surface area contributed by atoms with E-state index in [2.05, 4.69) is 6.08 Å². The second-order valence-corrected chi connectivity index (χ2v) is 3.58. The number of ether oxygens (including phenoxy) is 3. The summed E-state index contributed by atoms with van der Waals surface area (Å²) in [5.74, 6) is 0.143. The van der Waals surface area contributed by atoms with Crippen LogP contribution in [0.15, 0.2) is 47.8 Å². The van der Waals surface area contributed by atoms with E-state index in [0.29, 0.717) is 12.4 Å². The molecule has 0 amide bonds. The fraction of sp³-hybridized carbons (Fsp3) is 0.308. The van der Waals surface area contributed by atoms with Crippen LogP contribution in [0.2, 0.25) is 0 Å². The van der Waals surface area contributed by atoms with Gasteiger partial charge in [0.15, 0.2) is 5.76 Å². The second-order valence-electron chi connectivity index (χ2n) is 3.58. The number of allylic oxidation sites excluding steroid dienone is 4. The van der Waals surface area contributed by atoms with Crippen LogP contribution in [0.3, 0.4) is 0 Å². The molecular weight excluding hydrogens is 220 g/mol. The molecule has 0 aromatic heterocycles. The summed E-state index contributed by atoms with van der Waals surface area (Å²) in [5, 5.41) is 0. The van der Waals surface area contributed by atoms with Gasteiger partial charge >= 0.3 is 5.97 Å². The molecule has 0 radical (unpaired) electrons. The third-order valence-electron chi connectivity index (χ3n) is 2.38. The molecule has 0 bridgehead atoms. The number of esters is 1. The quantitative estimate of drug-likeness (QED) is 0.704. The molecule has 1 heterocycles. The standard InChI is InChI=1S/C13H14O4/c1-2-16-13(14)12-9-15-8-11(17-12)10-6-4-3-5-7-10/h3-4,6,8-9H,2,5,7H2,1H3. The lowest BCUT2D eigenvalue weighted by Crippen LogP contribution is -2.14. The lowest BCUT2D eigenvalue weighted by atomic mass is 10.0. The minimum Gasteiger partial charge on any atom is -0.465 e. The number of rotatable bonds is 3. The van der Waals surface area contributed by atoms with Gasteiger partial charge < -0.3 is 14.2 Å². The van der Waals surface area contributed by atoms with Gasteiger partial charge in [0.2, 0.25) is 5.76 Å². The highest BCUT2D eigenvalue weighted by atomic mass is 16.6. The molecule has 0 unspecified atom stereocenters. The number of carbonyl (C=O) groups is 1. The van der Waals surface area contributed by atoms with Crippen LogP contribution in [0.25, 0.3) is 0 Å². The van der Waals surface area contributed by atoms with E-state index in [1.165, 1.54) is 12.5 Å². The molecule has 0 aromatic carbocycles. The summed E-state index contributed by atoms with van der Waals surface area (Å²) in [6.07, 6.45) is 10.6. The molecule has 4 nitrogen and oxygen atoms in total. The Kier molecular flexibility index (Phi) is 3.65. The summed E-state index contributed by atoms with van der Waals surface area (Å²) >= 11 is 0.